The van der Waals surface area contributed by atoms with Crippen LogP contribution in [-0.4, -0.2) is 23.5 Å². The molecule has 1 amide bonds. The van der Waals surface area contributed by atoms with E-state index in [1.807, 2.05) is 0 Å². The zero-order chi connectivity index (χ0) is 15.3. The molecule has 1 aromatic carbocycles. The van der Waals surface area contributed by atoms with Crippen LogP contribution >= 0.6 is 0 Å². The molecule has 2 N–H and O–H groups in total. The van der Waals surface area contributed by atoms with Gasteiger partial charge in [0, 0.05) is 13.0 Å². The molecule has 0 fully saturated rings. The van der Waals surface area contributed by atoms with Crippen LogP contribution in [0.3, 0.4) is 0 Å². The van der Waals surface area contributed by atoms with Crippen LogP contribution in [0.1, 0.15) is 29.3 Å². The molecule has 0 saturated heterocycles. The summed E-state index contributed by atoms with van der Waals surface area (Å²) in [5, 5.41) is 10.9. The van der Waals surface area contributed by atoms with Crippen molar-refractivity contribution in [2.24, 2.45) is 5.92 Å². The SMILES string of the molecule is CC(CNC(=O)c1ccccc1C(F)(F)F)CC(=O)O. The lowest BCUT2D eigenvalue weighted by molar-refractivity contribution is -0.138. The number of amides is 1. The molecule has 0 radical (unpaired) electrons. The van der Waals surface area contributed by atoms with Gasteiger partial charge in [-0.1, -0.05) is 19.1 Å². The number of aliphatic carboxylic acids is 1. The minimum absolute atomic E-state index is 0.00265. The van der Waals surface area contributed by atoms with E-state index in [4.69, 9.17) is 5.11 Å². The van der Waals surface area contributed by atoms with Gasteiger partial charge in [-0.3, -0.25) is 9.59 Å². The van der Waals surface area contributed by atoms with Gasteiger partial charge in [-0.25, -0.2) is 0 Å². The minimum Gasteiger partial charge on any atom is -0.481 e. The molecule has 4 nitrogen and oxygen atoms in total. The van der Waals surface area contributed by atoms with Crippen LogP contribution in [0.5, 0.6) is 0 Å². The van der Waals surface area contributed by atoms with Gasteiger partial charge in [0.25, 0.3) is 5.91 Å². The summed E-state index contributed by atoms with van der Waals surface area (Å²) in [6, 6.07) is 4.45. The molecule has 110 valence electrons. The van der Waals surface area contributed by atoms with Gasteiger partial charge in [0.05, 0.1) is 11.1 Å². The van der Waals surface area contributed by atoms with Crippen LogP contribution in [-0.2, 0) is 11.0 Å². The summed E-state index contributed by atoms with van der Waals surface area (Å²) >= 11 is 0. The summed E-state index contributed by atoms with van der Waals surface area (Å²) in [6.07, 6.45) is -4.78. The molecule has 0 aliphatic heterocycles. The summed E-state index contributed by atoms with van der Waals surface area (Å²) in [5.41, 5.74) is -1.48. The van der Waals surface area contributed by atoms with E-state index >= 15 is 0 Å². The Labute approximate surface area is 113 Å². The summed E-state index contributed by atoms with van der Waals surface area (Å²) in [5.74, 6) is -2.26. The second-order valence-electron chi connectivity index (χ2n) is 4.46. The largest absolute Gasteiger partial charge is 0.481 e. The van der Waals surface area contributed by atoms with Crippen molar-refractivity contribution in [2.75, 3.05) is 6.54 Å². The van der Waals surface area contributed by atoms with Crippen molar-refractivity contribution < 1.29 is 27.9 Å². The number of benzene rings is 1. The molecule has 1 aromatic rings. The van der Waals surface area contributed by atoms with E-state index in [0.29, 0.717) is 0 Å². The Morgan fingerprint density at radius 1 is 1.30 bits per heavy atom. The van der Waals surface area contributed by atoms with Crippen LogP contribution in [0.4, 0.5) is 13.2 Å². The summed E-state index contributed by atoms with van der Waals surface area (Å²) in [7, 11) is 0. The maximum absolute atomic E-state index is 12.7. The molecule has 0 saturated carbocycles. The van der Waals surface area contributed by atoms with Gasteiger partial charge < -0.3 is 10.4 Å². The van der Waals surface area contributed by atoms with Crippen molar-refractivity contribution in [3.63, 3.8) is 0 Å². The zero-order valence-corrected chi connectivity index (χ0v) is 10.7. The van der Waals surface area contributed by atoms with Crippen LogP contribution in [0.25, 0.3) is 0 Å². The number of halogens is 3. The molecule has 1 atom stereocenters. The fraction of sp³-hybridized carbons (Fsp3) is 0.385. The van der Waals surface area contributed by atoms with Crippen molar-refractivity contribution in [3.05, 3.63) is 35.4 Å². The molecular formula is C13H14F3NO3. The van der Waals surface area contributed by atoms with Gasteiger partial charge in [0.2, 0.25) is 0 Å². The fourth-order valence-electron chi connectivity index (χ4n) is 1.66. The minimum atomic E-state index is -4.61. The maximum Gasteiger partial charge on any atom is 0.417 e. The van der Waals surface area contributed by atoms with E-state index in [1.165, 1.54) is 12.1 Å². The van der Waals surface area contributed by atoms with E-state index in [-0.39, 0.29) is 18.9 Å². The summed E-state index contributed by atoms with van der Waals surface area (Å²) in [4.78, 5) is 22.2. The highest BCUT2D eigenvalue weighted by Gasteiger charge is 2.34. The molecule has 1 rings (SSSR count). The second-order valence-corrected chi connectivity index (χ2v) is 4.46. The molecule has 7 heteroatoms. The summed E-state index contributed by atoms with van der Waals surface area (Å²) < 4.78 is 38.2. The normalized spacial score (nSPS) is 12.8. The third-order valence-electron chi connectivity index (χ3n) is 2.61. The average molecular weight is 289 g/mol. The van der Waals surface area contributed by atoms with Gasteiger partial charge in [0.1, 0.15) is 0 Å². The standard InChI is InChI=1S/C13H14F3NO3/c1-8(6-11(18)19)7-17-12(20)9-4-2-3-5-10(9)13(14,15)16/h2-5,8H,6-7H2,1H3,(H,17,20)(H,18,19). The Bertz CT molecular complexity index is 500. The monoisotopic (exact) mass is 289 g/mol. The van der Waals surface area contributed by atoms with E-state index in [0.717, 1.165) is 12.1 Å². The van der Waals surface area contributed by atoms with E-state index < -0.39 is 29.2 Å². The molecule has 0 spiro atoms. The number of carboxylic acids is 1. The van der Waals surface area contributed by atoms with E-state index in [9.17, 15) is 22.8 Å². The van der Waals surface area contributed by atoms with Gasteiger partial charge in [-0.2, -0.15) is 13.2 Å². The zero-order valence-electron chi connectivity index (χ0n) is 10.7. The van der Waals surface area contributed by atoms with Crippen molar-refractivity contribution >= 4 is 11.9 Å². The number of nitrogens with one attached hydrogen (secondary N) is 1. The lowest BCUT2D eigenvalue weighted by atomic mass is 10.1. The first-order valence-electron chi connectivity index (χ1n) is 5.88. The Morgan fingerprint density at radius 3 is 2.45 bits per heavy atom. The molecule has 20 heavy (non-hydrogen) atoms. The van der Waals surface area contributed by atoms with Crippen LogP contribution in [0.2, 0.25) is 0 Å². The van der Waals surface area contributed by atoms with Crippen molar-refractivity contribution in [1.29, 1.82) is 0 Å². The quantitative estimate of drug-likeness (QED) is 0.875. The van der Waals surface area contributed by atoms with Crippen LogP contribution in [0, 0.1) is 5.92 Å². The highest BCUT2D eigenvalue weighted by atomic mass is 19.4. The van der Waals surface area contributed by atoms with E-state index in [2.05, 4.69) is 5.32 Å². The third-order valence-corrected chi connectivity index (χ3v) is 2.61. The Hall–Kier alpha value is -2.05. The average Bonchev–Trinajstić information content (AvgIpc) is 2.34. The number of hydrogen-bond donors (Lipinski definition) is 2. The number of carbonyl (C=O) groups excluding carboxylic acids is 1. The smallest absolute Gasteiger partial charge is 0.417 e. The highest BCUT2D eigenvalue weighted by Crippen LogP contribution is 2.31. The lowest BCUT2D eigenvalue weighted by Crippen LogP contribution is -2.30. The molecule has 0 aromatic heterocycles. The lowest BCUT2D eigenvalue weighted by Gasteiger charge is -2.14. The van der Waals surface area contributed by atoms with Crippen LogP contribution < -0.4 is 5.32 Å². The van der Waals surface area contributed by atoms with Crippen molar-refractivity contribution in [1.82, 2.24) is 5.32 Å². The topological polar surface area (TPSA) is 66.4 Å². The number of hydrogen-bond acceptors (Lipinski definition) is 2. The van der Waals surface area contributed by atoms with E-state index in [1.54, 1.807) is 6.92 Å². The maximum atomic E-state index is 12.7. The van der Waals surface area contributed by atoms with Gasteiger partial charge in [-0.15, -0.1) is 0 Å². The Balaban J connectivity index is 2.76. The molecule has 0 aliphatic carbocycles. The first-order chi connectivity index (χ1) is 9.21. The highest BCUT2D eigenvalue weighted by molar-refractivity contribution is 5.95. The first-order valence-corrected chi connectivity index (χ1v) is 5.88. The second kappa shape index (κ2) is 6.40. The predicted octanol–water partition coefficient (Wildman–Crippen LogP) is 2.55. The molecule has 1 unspecified atom stereocenters. The van der Waals surface area contributed by atoms with Gasteiger partial charge in [-0.05, 0) is 18.1 Å². The molecule has 0 aliphatic rings. The number of carboxylic acid groups (broad SMARTS) is 1. The van der Waals surface area contributed by atoms with Crippen molar-refractivity contribution in [3.8, 4) is 0 Å². The number of alkyl halides is 3. The Kier molecular flexibility index (Phi) is 5.12. The Morgan fingerprint density at radius 2 is 1.90 bits per heavy atom. The van der Waals surface area contributed by atoms with Gasteiger partial charge >= 0.3 is 12.1 Å². The van der Waals surface area contributed by atoms with Crippen molar-refractivity contribution in [2.45, 2.75) is 19.5 Å². The first kappa shape index (κ1) is 16.0. The molecule has 0 heterocycles. The summed E-state index contributed by atoms with van der Waals surface area (Å²) in [6.45, 7) is 1.58. The number of carbonyl (C=O) groups is 2. The predicted molar refractivity (Wildman–Crippen MR) is 65.2 cm³/mol. The fourth-order valence-corrected chi connectivity index (χ4v) is 1.66. The number of rotatable bonds is 5. The van der Waals surface area contributed by atoms with Crippen LogP contribution in [0.15, 0.2) is 24.3 Å². The van der Waals surface area contributed by atoms with Gasteiger partial charge in [0.15, 0.2) is 0 Å². The molecule has 0 bridgehead atoms. The molecular weight excluding hydrogens is 275 g/mol. The third kappa shape index (κ3) is 4.56.